The largest absolute Gasteiger partial charge is 0.227 e. The van der Waals surface area contributed by atoms with Gasteiger partial charge in [-0.1, -0.05) is 0 Å². The van der Waals surface area contributed by atoms with E-state index in [0.717, 1.165) is 0 Å². The number of hydrogen-bond acceptors (Lipinski definition) is 3. The monoisotopic (exact) mass is 319 g/mol. The van der Waals surface area contributed by atoms with Crippen LogP contribution in [0.2, 0.25) is 5.28 Å². The lowest BCUT2D eigenvalue weighted by Gasteiger charge is -1.89. The van der Waals surface area contributed by atoms with Crippen molar-refractivity contribution in [3.63, 3.8) is 0 Å². The molecule has 0 atom stereocenters. The Balaban J connectivity index is 3.17. The second-order valence-corrected chi connectivity index (χ2v) is 3.15. The summed E-state index contributed by atoms with van der Waals surface area (Å²) >= 11 is 10.5. The lowest BCUT2D eigenvalue weighted by Crippen LogP contribution is -1.91. The van der Waals surface area contributed by atoms with Gasteiger partial charge in [-0.25, -0.2) is 0 Å². The van der Waals surface area contributed by atoms with E-state index in [2.05, 4.69) is 30.9 Å². The Labute approximate surface area is 78.5 Å². The van der Waals surface area contributed by atoms with Gasteiger partial charge in [-0.15, -0.1) is 0 Å². The van der Waals surface area contributed by atoms with Crippen molar-refractivity contribution >= 4 is 50.1 Å². The Bertz CT molecular complexity index is 180. The standard InChI is InChI=1S/C3BrClIN3/c4-1-7-2(5)9-3(6)8-1. The van der Waals surface area contributed by atoms with Crippen molar-refractivity contribution in [3.05, 3.63) is 13.8 Å². The van der Waals surface area contributed by atoms with Gasteiger partial charge >= 0.3 is 0 Å². The van der Waals surface area contributed by atoms with Crippen LogP contribution in [0.1, 0.15) is 0 Å². The smallest absolute Gasteiger partial charge is 0.196 e. The molecule has 0 saturated heterocycles. The number of nitrogens with zero attached hydrogens (tertiary/aromatic N) is 3. The van der Waals surface area contributed by atoms with Gasteiger partial charge in [0.25, 0.3) is 0 Å². The summed E-state index contributed by atoms with van der Waals surface area (Å²) in [6.07, 6.45) is 0. The first-order valence-electron chi connectivity index (χ1n) is 1.91. The van der Waals surface area contributed by atoms with Crippen LogP contribution in [0.15, 0.2) is 4.73 Å². The van der Waals surface area contributed by atoms with Crippen molar-refractivity contribution < 1.29 is 0 Å². The van der Waals surface area contributed by atoms with Crippen LogP contribution < -0.4 is 0 Å². The van der Waals surface area contributed by atoms with E-state index in [4.69, 9.17) is 11.6 Å². The highest BCUT2D eigenvalue weighted by Crippen LogP contribution is 2.07. The SMILES string of the molecule is Clc1nc(Br)nc(I)n1. The Morgan fingerprint density at radius 1 is 1.33 bits per heavy atom. The van der Waals surface area contributed by atoms with Gasteiger partial charge < -0.3 is 0 Å². The predicted octanol–water partition coefficient (Wildman–Crippen LogP) is 1.89. The molecule has 0 unspecified atom stereocenters. The van der Waals surface area contributed by atoms with Crippen LogP contribution >= 0.6 is 50.1 Å². The van der Waals surface area contributed by atoms with Gasteiger partial charge in [-0.2, -0.15) is 15.0 Å². The van der Waals surface area contributed by atoms with Crippen molar-refractivity contribution in [2.75, 3.05) is 0 Å². The van der Waals surface area contributed by atoms with Crippen LogP contribution in [0.4, 0.5) is 0 Å². The topological polar surface area (TPSA) is 38.7 Å². The fourth-order valence-corrected chi connectivity index (χ4v) is 1.83. The second kappa shape index (κ2) is 3.07. The molecule has 0 aromatic carbocycles. The van der Waals surface area contributed by atoms with Gasteiger partial charge in [0.15, 0.2) is 3.83 Å². The van der Waals surface area contributed by atoms with Crippen LogP contribution in [0.5, 0.6) is 0 Å². The highest BCUT2D eigenvalue weighted by molar-refractivity contribution is 14.1. The summed E-state index contributed by atoms with van der Waals surface area (Å²) in [4.78, 5) is 11.3. The minimum Gasteiger partial charge on any atom is -0.196 e. The summed E-state index contributed by atoms with van der Waals surface area (Å²) in [5.74, 6) is 0. The molecule has 0 aliphatic carbocycles. The fraction of sp³-hybridized carbons (Fsp3) is 0. The summed E-state index contributed by atoms with van der Waals surface area (Å²) in [6, 6.07) is 0. The van der Waals surface area contributed by atoms with E-state index in [1.54, 1.807) is 0 Å². The Hall–Kier alpha value is 0.510. The maximum Gasteiger partial charge on any atom is 0.227 e. The van der Waals surface area contributed by atoms with Crippen LogP contribution in [0, 0.1) is 3.83 Å². The third kappa shape index (κ3) is 2.30. The lowest BCUT2D eigenvalue weighted by molar-refractivity contribution is 0.971. The summed E-state index contributed by atoms with van der Waals surface area (Å²) in [5, 5.41) is 0.210. The minimum absolute atomic E-state index is 0.210. The van der Waals surface area contributed by atoms with E-state index in [1.807, 2.05) is 22.6 Å². The highest BCUT2D eigenvalue weighted by atomic mass is 127. The molecule has 9 heavy (non-hydrogen) atoms. The zero-order chi connectivity index (χ0) is 6.85. The van der Waals surface area contributed by atoms with Gasteiger partial charge in [-0.3, -0.25) is 0 Å². The maximum atomic E-state index is 5.45. The molecule has 0 aliphatic heterocycles. The molecule has 0 amide bonds. The summed E-state index contributed by atoms with van der Waals surface area (Å²) in [7, 11) is 0. The summed E-state index contributed by atoms with van der Waals surface area (Å²) in [5.41, 5.74) is 0. The Morgan fingerprint density at radius 2 is 2.00 bits per heavy atom. The molecule has 48 valence electrons. The van der Waals surface area contributed by atoms with E-state index in [0.29, 0.717) is 8.56 Å². The zero-order valence-corrected chi connectivity index (χ0v) is 8.47. The molecule has 1 heterocycles. The minimum atomic E-state index is 0.210. The first kappa shape index (κ1) is 7.62. The number of halogens is 3. The molecule has 0 aliphatic rings. The molecule has 0 radical (unpaired) electrons. The first-order chi connectivity index (χ1) is 4.18. The molecule has 1 aromatic heterocycles. The normalized spacial score (nSPS) is 9.67. The Kier molecular flexibility index (Phi) is 2.59. The number of aromatic nitrogens is 3. The van der Waals surface area contributed by atoms with E-state index in [1.165, 1.54) is 0 Å². The predicted molar refractivity (Wildman–Crippen MR) is 45.3 cm³/mol. The van der Waals surface area contributed by atoms with Crippen LogP contribution in [-0.2, 0) is 0 Å². The molecule has 0 spiro atoms. The highest BCUT2D eigenvalue weighted by Gasteiger charge is 1.96. The van der Waals surface area contributed by atoms with Crippen LogP contribution in [-0.4, -0.2) is 15.0 Å². The van der Waals surface area contributed by atoms with Crippen LogP contribution in [0.3, 0.4) is 0 Å². The number of hydrogen-bond donors (Lipinski definition) is 0. The van der Waals surface area contributed by atoms with E-state index in [9.17, 15) is 0 Å². The van der Waals surface area contributed by atoms with Crippen molar-refractivity contribution in [1.29, 1.82) is 0 Å². The molecular formula is C3BrClIN3. The Morgan fingerprint density at radius 3 is 2.44 bits per heavy atom. The molecule has 3 nitrogen and oxygen atoms in total. The van der Waals surface area contributed by atoms with E-state index in [-0.39, 0.29) is 5.28 Å². The van der Waals surface area contributed by atoms with Gasteiger partial charge in [0.1, 0.15) is 0 Å². The van der Waals surface area contributed by atoms with E-state index < -0.39 is 0 Å². The van der Waals surface area contributed by atoms with Crippen molar-refractivity contribution in [2.45, 2.75) is 0 Å². The average Bonchev–Trinajstić information content (AvgIpc) is 1.59. The molecule has 0 N–H and O–H groups in total. The van der Waals surface area contributed by atoms with Gasteiger partial charge in [0.2, 0.25) is 10.0 Å². The summed E-state index contributed by atoms with van der Waals surface area (Å²) < 4.78 is 1.05. The molecular weight excluding hydrogens is 320 g/mol. The first-order valence-corrected chi connectivity index (χ1v) is 4.16. The maximum absolute atomic E-state index is 5.45. The van der Waals surface area contributed by atoms with Crippen molar-refractivity contribution in [1.82, 2.24) is 15.0 Å². The van der Waals surface area contributed by atoms with E-state index >= 15 is 0 Å². The fourth-order valence-electron chi connectivity index (χ4n) is 0.303. The van der Waals surface area contributed by atoms with Gasteiger partial charge in [-0.05, 0) is 27.5 Å². The molecule has 0 fully saturated rings. The lowest BCUT2D eigenvalue weighted by atomic mass is 11.1. The molecule has 0 saturated carbocycles. The molecule has 0 bridgehead atoms. The average molecular weight is 320 g/mol. The third-order valence-electron chi connectivity index (χ3n) is 0.554. The van der Waals surface area contributed by atoms with Crippen LogP contribution in [0.25, 0.3) is 0 Å². The quantitative estimate of drug-likeness (QED) is 0.685. The third-order valence-corrected chi connectivity index (χ3v) is 1.56. The molecule has 1 rings (SSSR count). The van der Waals surface area contributed by atoms with Gasteiger partial charge in [0.05, 0.1) is 0 Å². The zero-order valence-electron chi connectivity index (χ0n) is 3.98. The molecule has 1 aromatic rings. The summed E-state index contributed by atoms with van der Waals surface area (Å²) in [6.45, 7) is 0. The van der Waals surface area contributed by atoms with Crippen molar-refractivity contribution in [3.8, 4) is 0 Å². The second-order valence-electron chi connectivity index (χ2n) is 1.14. The van der Waals surface area contributed by atoms with Crippen molar-refractivity contribution in [2.24, 2.45) is 0 Å². The number of rotatable bonds is 0. The van der Waals surface area contributed by atoms with Gasteiger partial charge in [0, 0.05) is 22.6 Å². The molecule has 6 heteroatoms.